The fourth-order valence-corrected chi connectivity index (χ4v) is 1.77. The lowest BCUT2D eigenvalue weighted by atomic mass is 10.2. The SMILES string of the molecule is CSCCC(NC(=O)Nc1ccnn1C)C(=O)O. The second kappa shape index (κ2) is 6.90. The van der Waals surface area contributed by atoms with Gasteiger partial charge in [-0.15, -0.1) is 0 Å². The maximum atomic E-state index is 11.6. The van der Waals surface area contributed by atoms with Gasteiger partial charge in [0, 0.05) is 13.1 Å². The van der Waals surface area contributed by atoms with Crippen LogP contribution in [0.4, 0.5) is 10.6 Å². The minimum atomic E-state index is -1.04. The van der Waals surface area contributed by atoms with E-state index in [0.717, 1.165) is 0 Å². The summed E-state index contributed by atoms with van der Waals surface area (Å²) in [6.45, 7) is 0. The second-order valence-corrected chi connectivity index (χ2v) is 4.60. The van der Waals surface area contributed by atoms with E-state index >= 15 is 0 Å². The Morgan fingerprint density at radius 1 is 1.61 bits per heavy atom. The molecule has 18 heavy (non-hydrogen) atoms. The van der Waals surface area contributed by atoms with Crippen LogP contribution in [0.1, 0.15) is 6.42 Å². The summed E-state index contributed by atoms with van der Waals surface area (Å²) in [7, 11) is 1.68. The highest BCUT2D eigenvalue weighted by Gasteiger charge is 2.19. The summed E-state index contributed by atoms with van der Waals surface area (Å²) < 4.78 is 1.48. The van der Waals surface area contributed by atoms with Crippen molar-refractivity contribution in [1.82, 2.24) is 15.1 Å². The number of thioether (sulfide) groups is 1. The normalized spacial score (nSPS) is 11.9. The number of hydrogen-bond acceptors (Lipinski definition) is 4. The van der Waals surface area contributed by atoms with E-state index in [2.05, 4.69) is 15.7 Å². The highest BCUT2D eigenvalue weighted by atomic mass is 32.2. The maximum Gasteiger partial charge on any atom is 0.326 e. The van der Waals surface area contributed by atoms with Crippen molar-refractivity contribution in [1.29, 1.82) is 0 Å². The number of carboxylic acid groups (broad SMARTS) is 1. The third-order valence-corrected chi connectivity index (χ3v) is 2.92. The average molecular weight is 272 g/mol. The molecule has 0 saturated heterocycles. The minimum Gasteiger partial charge on any atom is -0.480 e. The lowest BCUT2D eigenvalue weighted by Gasteiger charge is -2.14. The Hall–Kier alpha value is -1.70. The van der Waals surface area contributed by atoms with Gasteiger partial charge in [0.15, 0.2) is 0 Å². The maximum absolute atomic E-state index is 11.6. The smallest absolute Gasteiger partial charge is 0.326 e. The number of carboxylic acids is 1. The number of urea groups is 1. The van der Waals surface area contributed by atoms with Gasteiger partial charge in [0.2, 0.25) is 0 Å². The summed E-state index contributed by atoms with van der Waals surface area (Å²) in [6, 6.07) is 0.190. The summed E-state index contributed by atoms with van der Waals surface area (Å²) in [5, 5.41) is 17.8. The molecule has 0 aliphatic carbocycles. The van der Waals surface area contributed by atoms with Crippen molar-refractivity contribution < 1.29 is 14.7 Å². The van der Waals surface area contributed by atoms with E-state index < -0.39 is 18.0 Å². The minimum absolute atomic E-state index is 0.384. The largest absolute Gasteiger partial charge is 0.480 e. The molecule has 0 fully saturated rings. The Bertz CT molecular complexity index is 421. The molecule has 0 saturated carbocycles. The molecule has 0 spiro atoms. The second-order valence-electron chi connectivity index (χ2n) is 3.61. The molecule has 1 aromatic heterocycles. The Kier molecular flexibility index (Phi) is 5.50. The molecule has 7 nitrogen and oxygen atoms in total. The summed E-state index contributed by atoms with van der Waals surface area (Å²) in [4.78, 5) is 22.5. The van der Waals surface area contributed by atoms with Crippen LogP contribution < -0.4 is 10.6 Å². The molecule has 1 aromatic rings. The number of nitrogens with zero attached hydrogens (tertiary/aromatic N) is 2. The van der Waals surface area contributed by atoms with Crippen LogP contribution >= 0.6 is 11.8 Å². The number of amides is 2. The zero-order chi connectivity index (χ0) is 13.5. The first-order chi connectivity index (χ1) is 8.54. The van der Waals surface area contributed by atoms with Gasteiger partial charge in [-0.1, -0.05) is 0 Å². The molecule has 0 aliphatic heterocycles. The van der Waals surface area contributed by atoms with Crippen LogP contribution in [0.5, 0.6) is 0 Å². The molecule has 0 aliphatic rings. The molecule has 1 unspecified atom stereocenters. The van der Waals surface area contributed by atoms with Gasteiger partial charge in [0.25, 0.3) is 0 Å². The number of aliphatic carboxylic acids is 1. The molecular weight excluding hydrogens is 256 g/mol. The topological polar surface area (TPSA) is 96.3 Å². The average Bonchev–Trinajstić information content (AvgIpc) is 2.70. The molecule has 100 valence electrons. The Labute approximate surface area is 109 Å². The number of aromatic nitrogens is 2. The van der Waals surface area contributed by atoms with Crippen LogP contribution in [0.15, 0.2) is 12.3 Å². The molecule has 2 amide bonds. The number of aryl methyl sites for hydroxylation is 1. The van der Waals surface area contributed by atoms with Crippen LogP contribution in [-0.2, 0) is 11.8 Å². The predicted molar refractivity (Wildman–Crippen MR) is 69.8 cm³/mol. The van der Waals surface area contributed by atoms with Crippen molar-refractivity contribution in [2.24, 2.45) is 7.05 Å². The number of nitrogens with one attached hydrogen (secondary N) is 2. The van der Waals surface area contributed by atoms with Crippen LogP contribution in [-0.4, -0.2) is 44.9 Å². The van der Waals surface area contributed by atoms with Crippen molar-refractivity contribution >= 4 is 29.6 Å². The monoisotopic (exact) mass is 272 g/mol. The molecule has 1 heterocycles. The predicted octanol–water partition coefficient (Wildman–Crippen LogP) is 0.748. The van der Waals surface area contributed by atoms with Gasteiger partial charge >= 0.3 is 12.0 Å². The van der Waals surface area contributed by atoms with Gasteiger partial charge in [-0.3, -0.25) is 10.00 Å². The quantitative estimate of drug-likeness (QED) is 0.710. The van der Waals surface area contributed by atoms with Crippen LogP contribution in [0.3, 0.4) is 0 Å². The number of hydrogen-bond donors (Lipinski definition) is 3. The number of rotatable bonds is 6. The van der Waals surface area contributed by atoms with Crippen molar-refractivity contribution in [3.63, 3.8) is 0 Å². The first-order valence-corrected chi connectivity index (χ1v) is 6.71. The molecular formula is C10H16N4O3S. The standard InChI is InChI=1S/C10H16N4O3S/c1-14-8(3-5-11-14)13-10(17)12-7(9(15)16)4-6-18-2/h3,5,7H,4,6H2,1-2H3,(H,15,16)(H2,12,13,17). The number of carbonyl (C=O) groups is 2. The highest BCUT2D eigenvalue weighted by Crippen LogP contribution is 2.04. The third kappa shape index (κ3) is 4.28. The lowest BCUT2D eigenvalue weighted by molar-refractivity contribution is -0.139. The first-order valence-electron chi connectivity index (χ1n) is 5.32. The van der Waals surface area contributed by atoms with E-state index in [9.17, 15) is 9.59 Å². The Morgan fingerprint density at radius 2 is 2.33 bits per heavy atom. The van der Waals surface area contributed by atoms with Gasteiger partial charge in [-0.05, 0) is 18.4 Å². The van der Waals surface area contributed by atoms with E-state index in [1.54, 1.807) is 13.1 Å². The van der Waals surface area contributed by atoms with Gasteiger partial charge in [0.05, 0.1) is 6.20 Å². The van der Waals surface area contributed by atoms with Crippen molar-refractivity contribution in [3.8, 4) is 0 Å². The zero-order valence-corrected chi connectivity index (χ0v) is 11.0. The van der Waals surface area contributed by atoms with Crippen LogP contribution in [0, 0.1) is 0 Å². The third-order valence-electron chi connectivity index (χ3n) is 2.28. The van der Waals surface area contributed by atoms with Gasteiger partial charge in [-0.2, -0.15) is 16.9 Å². The van der Waals surface area contributed by atoms with Crippen molar-refractivity contribution in [2.45, 2.75) is 12.5 Å². The van der Waals surface area contributed by atoms with Gasteiger partial charge in [-0.25, -0.2) is 9.59 Å². The van der Waals surface area contributed by atoms with E-state index in [1.165, 1.54) is 22.6 Å². The zero-order valence-electron chi connectivity index (χ0n) is 10.2. The Balaban J connectivity index is 2.51. The highest BCUT2D eigenvalue weighted by molar-refractivity contribution is 7.98. The van der Waals surface area contributed by atoms with Crippen molar-refractivity contribution in [3.05, 3.63) is 12.3 Å². The first kappa shape index (κ1) is 14.4. The number of anilines is 1. The van der Waals surface area contributed by atoms with Gasteiger partial charge < -0.3 is 10.4 Å². The fourth-order valence-electron chi connectivity index (χ4n) is 1.30. The summed E-state index contributed by atoms with van der Waals surface area (Å²) in [6.07, 6.45) is 3.81. The molecule has 8 heteroatoms. The summed E-state index contributed by atoms with van der Waals surface area (Å²) in [5.41, 5.74) is 0. The molecule has 1 rings (SSSR count). The molecule has 1 atom stereocenters. The molecule has 0 radical (unpaired) electrons. The van der Waals surface area contributed by atoms with E-state index in [-0.39, 0.29) is 0 Å². The van der Waals surface area contributed by atoms with Gasteiger partial charge in [0.1, 0.15) is 11.9 Å². The molecule has 0 aromatic carbocycles. The molecule has 3 N–H and O–H groups in total. The van der Waals surface area contributed by atoms with Crippen LogP contribution in [0.2, 0.25) is 0 Å². The summed E-state index contributed by atoms with van der Waals surface area (Å²) >= 11 is 1.53. The van der Waals surface area contributed by atoms with E-state index in [4.69, 9.17) is 5.11 Å². The van der Waals surface area contributed by atoms with E-state index in [1.807, 2.05) is 6.26 Å². The lowest BCUT2D eigenvalue weighted by Crippen LogP contribution is -2.43. The summed E-state index contributed by atoms with van der Waals surface area (Å²) in [5.74, 6) is 0.133. The fraction of sp³-hybridized carbons (Fsp3) is 0.500. The van der Waals surface area contributed by atoms with Crippen LogP contribution in [0.25, 0.3) is 0 Å². The van der Waals surface area contributed by atoms with E-state index in [0.29, 0.717) is 18.0 Å². The van der Waals surface area contributed by atoms with Crippen molar-refractivity contribution in [2.75, 3.05) is 17.3 Å². The molecule has 0 bridgehead atoms. The Morgan fingerprint density at radius 3 is 2.83 bits per heavy atom. The number of carbonyl (C=O) groups excluding carboxylic acids is 1.